The first-order valence-corrected chi connectivity index (χ1v) is 7.72. The lowest BCUT2D eigenvalue weighted by Crippen LogP contribution is -2.40. The van der Waals surface area contributed by atoms with Crippen LogP contribution in [0.25, 0.3) is 0 Å². The van der Waals surface area contributed by atoms with E-state index in [-0.39, 0.29) is 18.5 Å². The van der Waals surface area contributed by atoms with Crippen molar-refractivity contribution in [2.75, 3.05) is 13.2 Å². The van der Waals surface area contributed by atoms with Crippen LogP contribution in [0.1, 0.15) is 23.8 Å². The number of furan rings is 1. The van der Waals surface area contributed by atoms with Gasteiger partial charge in [-0.2, -0.15) is 0 Å². The van der Waals surface area contributed by atoms with E-state index in [4.69, 9.17) is 9.15 Å². The number of hydrogen-bond donors (Lipinski definition) is 2. The van der Waals surface area contributed by atoms with Gasteiger partial charge in [0.15, 0.2) is 11.6 Å². The number of ether oxygens (including phenoxy) is 1. The van der Waals surface area contributed by atoms with Crippen molar-refractivity contribution in [2.24, 2.45) is 0 Å². The predicted octanol–water partition coefficient (Wildman–Crippen LogP) is 2.29. The van der Waals surface area contributed by atoms with Gasteiger partial charge in [-0.15, -0.1) is 0 Å². The molecule has 1 saturated heterocycles. The van der Waals surface area contributed by atoms with Crippen LogP contribution >= 0.6 is 0 Å². The van der Waals surface area contributed by atoms with Gasteiger partial charge in [0.2, 0.25) is 5.91 Å². The molecule has 0 spiro atoms. The molecule has 2 aromatic rings. The quantitative estimate of drug-likeness (QED) is 0.850. The molecule has 0 radical (unpaired) electrons. The molecule has 1 aromatic carbocycles. The van der Waals surface area contributed by atoms with Crippen molar-refractivity contribution in [3.63, 3.8) is 0 Å². The Balaban J connectivity index is 1.52. The number of carbonyl (C=O) groups excluding carboxylic acids is 1. The Kier molecular flexibility index (Phi) is 5.22. The monoisotopic (exact) mass is 336 g/mol. The van der Waals surface area contributed by atoms with Gasteiger partial charge in [0.1, 0.15) is 5.76 Å². The molecular weight excluding hydrogens is 318 g/mol. The third-order valence-corrected chi connectivity index (χ3v) is 3.93. The van der Waals surface area contributed by atoms with Crippen LogP contribution in [0.5, 0.6) is 0 Å². The zero-order valence-corrected chi connectivity index (χ0v) is 12.9. The second-order valence-corrected chi connectivity index (χ2v) is 5.60. The second kappa shape index (κ2) is 7.55. The Bertz CT molecular complexity index is 691. The van der Waals surface area contributed by atoms with Gasteiger partial charge in [0.25, 0.3) is 0 Å². The number of hydrogen-bond acceptors (Lipinski definition) is 4. The van der Waals surface area contributed by atoms with E-state index in [1.807, 2.05) is 0 Å². The number of amides is 1. The fraction of sp³-hybridized carbons (Fsp3) is 0.353. The largest absolute Gasteiger partial charge is 0.467 e. The molecule has 0 aliphatic carbocycles. The fourth-order valence-electron chi connectivity index (χ4n) is 2.70. The molecule has 7 heteroatoms. The molecule has 1 aromatic heterocycles. The van der Waals surface area contributed by atoms with Crippen molar-refractivity contribution in [1.29, 1.82) is 0 Å². The van der Waals surface area contributed by atoms with Gasteiger partial charge in [-0.1, -0.05) is 6.07 Å². The van der Waals surface area contributed by atoms with Gasteiger partial charge in [0.05, 0.1) is 25.5 Å². The predicted molar refractivity (Wildman–Crippen MR) is 82.0 cm³/mol. The average molecular weight is 336 g/mol. The summed E-state index contributed by atoms with van der Waals surface area (Å²) in [6.07, 6.45) is 1.83. The average Bonchev–Trinajstić information content (AvgIpc) is 3.25. The van der Waals surface area contributed by atoms with E-state index in [1.54, 1.807) is 18.4 Å². The van der Waals surface area contributed by atoms with Gasteiger partial charge in [-0.3, -0.25) is 4.79 Å². The summed E-state index contributed by atoms with van der Waals surface area (Å²) in [5, 5.41) is 5.84. The molecule has 0 bridgehead atoms. The fourth-order valence-corrected chi connectivity index (χ4v) is 2.70. The Morgan fingerprint density at radius 2 is 2.12 bits per heavy atom. The maximum atomic E-state index is 13.4. The Morgan fingerprint density at radius 3 is 2.88 bits per heavy atom. The van der Waals surface area contributed by atoms with Crippen LogP contribution < -0.4 is 10.6 Å². The molecule has 1 aliphatic heterocycles. The van der Waals surface area contributed by atoms with Crippen molar-refractivity contribution in [2.45, 2.75) is 25.1 Å². The maximum Gasteiger partial charge on any atom is 0.234 e. The third kappa shape index (κ3) is 3.98. The van der Waals surface area contributed by atoms with Crippen LogP contribution in [0.2, 0.25) is 0 Å². The van der Waals surface area contributed by atoms with E-state index >= 15 is 0 Å². The number of rotatable bonds is 6. The number of halogens is 2. The molecular formula is C17H18F2N2O3. The van der Waals surface area contributed by atoms with E-state index in [0.717, 1.165) is 12.1 Å². The van der Waals surface area contributed by atoms with Crippen LogP contribution in [0.15, 0.2) is 41.0 Å². The third-order valence-electron chi connectivity index (χ3n) is 3.93. The Morgan fingerprint density at radius 1 is 1.25 bits per heavy atom. The number of nitrogens with one attached hydrogen (secondary N) is 2. The minimum Gasteiger partial charge on any atom is -0.467 e. The summed E-state index contributed by atoms with van der Waals surface area (Å²) in [5.74, 6) is -1.30. The van der Waals surface area contributed by atoms with Crippen molar-refractivity contribution < 1.29 is 22.7 Å². The maximum absolute atomic E-state index is 13.4. The van der Waals surface area contributed by atoms with E-state index in [9.17, 15) is 13.6 Å². The van der Waals surface area contributed by atoms with E-state index in [1.165, 1.54) is 6.07 Å². The van der Waals surface area contributed by atoms with Gasteiger partial charge >= 0.3 is 0 Å². The van der Waals surface area contributed by atoms with Gasteiger partial charge in [-0.25, -0.2) is 8.78 Å². The summed E-state index contributed by atoms with van der Waals surface area (Å²) in [6, 6.07) is 7.11. The van der Waals surface area contributed by atoms with Gasteiger partial charge < -0.3 is 19.8 Å². The Hall–Kier alpha value is -2.25. The number of carbonyl (C=O) groups is 1. The topological polar surface area (TPSA) is 63.5 Å². The Labute approximate surface area is 138 Å². The lowest BCUT2D eigenvalue weighted by Gasteiger charge is -2.20. The standard InChI is InChI=1S/C17H18F2N2O3/c18-13-4-3-11(8-14(13)19)17-15(5-7-24-17)20-10-16(22)21-9-12-2-1-6-23-12/h1-4,6,8,15,17,20H,5,7,9-10H2,(H,21,22)/t15-,17-/m1/s1. The minimum absolute atomic E-state index is 0.106. The lowest BCUT2D eigenvalue weighted by atomic mass is 10.0. The molecule has 24 heavy (non-hydrogen) atoms. The van der Waals surface area contributed by atoms with Crippen LogP contribution in [-0.2, 0) is 16.1 Å². The highest BCUT2D eigenvalue weighted by Crippen LogP contribution is 2.29. The van der Waals surface area contributed by atoms with Crippen LogP contribution in [0, 0.1) is 11.6 Å². The molecule has 2 atom stereocenters. The molecule has 2 N–H and O–H groups in total. The molecule has 0 saturated carbocycles. The van der Waals surface area contributed by atoms with Crippen LogP contribution in [-0.4, -0.2) is 25.1 Å². The zero-order valence-electron chi connectivity index (χ0n) is 12.9. The highest BCUT2D eigenvalue weighted by Gasteiger charge is 2.30. The van der Waals surface area contributed by atoms with E-state index in [2.05, 4.69) is 10.6 Å². The molecule has 5 nitrogen and oxygen atoms in total. The first-order valence-electron chi connectivity index (χ1n) is 7.72. The zero-order chi connectivity index (χ0) is 16.9. The van der Waals surface area contributed by atoms with Gasteiger partial charge in [0, 0.05) is 12.6 Å². The molecule has 1 fully saturated rings. The van der Waals surface area contributed by atoms with Crippen molar-refractivity contribution in [3.8, 4) is 0 Å². The van der Waals surface area contributed by atoms with E-state index < -0.39 is 17.7 Å². The summed E-state index contributed by atoms with van der Waals surface area (Å²) in [5.41, 5.74) is 0.555. The van der Waals surface area contributed by atoms with Crippen molar-refractivity contribution in [3.05, 3.63) is 59.6 Å². The summed E-state index contributed by atoms with van der Waals surface area (Å²) >= 11 is 0. The molecule has 0 unspecified atom stereocenters. The molecule has 3 rings (SSSR count). The molecule has 2 heterocycles. The van der Waals surface area contributed by atoms with Crippen molar-refractivity contribution >= 4 is 5.91 Å². The second-order valence-electron chi connectivity index (χ2n) is 5.60. The highest BCUT2D eigenvalue weighted by atomic mass is 19.2. The molecule has 1 aliphatic rings. The molecule has 1 amide bonds. The van der Waals surface area contributed by atoms with Crippen LogP contribution in [0.3, 0.4) is 0 Å². The van der Waals surface area contributed by atoms with Crippen LogP contribution in [0.4, 0.5) is 8.78 Å². The molecule has 128 valence electrons. The first-order chi connectivity index (χ1) is 11.6. The minimum atomic E-state index is -0.905. The summed E-state index contributed by atoms with van der Waals surface area (Å²) < 4.78 is 37.2. The number of benzene rings is 1. The summed E-state index contributed by atoms with van der Waals surface area (Å²) in [7, 11) is 0. The lowest BCUT2D eigenvalue weighted by molar-refractivity contribution is -0.120. The van der Waals surface area contributed by atoms with Crippen molar-refractivity contribution in [1.82, 2.24) is 10.6 Å². The first kappa shape index (κ1) is 16.6. The SMILES string of the molecule is O=C(CN[C@@H]1CCO[C@@H]1c1ccc(F)c(F)c1)NCc1ccco1. The van der Waals surface area contributed by atoms with E-state index in [0.29, 0.717) is 30.9 Å². The smallest absolute Gasteiger partial charge is 0.234 e. The van der Waals surface area contributed by atoms with Gasteiger partial charge in [-0.05, 0) is 36.2 Å². The normalized spacial score (nSPS) is 20.2. The summed E-state index contributed by atoms with van der Waals surface area (Å²) in [6.45, 7) is 0.922. The summed E-state index contributed by atoms with van der Waals surface area (Å²) in [4.78, 5) is 11.9. The highest BCUT2D eigenvalue weighted by molar-refractivity contribution is 5.77.